The lowest BCUT2D eigenvalue weighted by Crippen LogP contribution is -2.46. The summed E-state index contributed by atoms with van der Waals surface area (Å²) in [7, 11) is 0. The lowest BCUT2D eigenvalue weighted by atomic mass is 10.1. The summed E-state index contributed by atoms with van der Waals surface area (Å²) in [5.41, 5.74) is 1.18. The van der Waals surface area contributed by atoms with Crippen molar-refractivity contribution in [2.45, 2.75) is 12.8 Å². The summed E-state index contributed by atoms with van der Waals surface area (Å²) in [6, 6.07) is 3.93. The first kappa shape index (κ1) is 11.1. The molecule has 4 nitrogen and oxygen atoms in total. The average Bonchev–Trinajstić information content (AvgIpc) is 2.38. The van der Waals surface area contributed by atoms with Gasteiger partial charge < -0.3 is 10.2 Å². The topological polar surface area (TPSA) is 45.2 Å². The van der Waals surface area contributed by atoms with Crippen LogP contribution in [0.4, 0.5) is 0 Å². The highest BCUT2D eigenvalue weighted by molar-refractivity contribution is 5.76. The number of hydrogen-bond acceptors (Lipinski definition) is 3. The van der Waals surface area contributed by atoms with Crippen LogP contribution >= 0.6 is 0 Å². The van der Waals surface area contributed by atoms with Gasteiger partial charge in [0.1, 0.15) is 0 Å². The molecule has 0 aliphatic carbocycles. The van der Waals surface area contributed by atoms with E-state index in [0.717, 1.165) is 32.6 Å². The van der Waals surface area contributed by atoms with Gasteiger partial charge in [0.25, 0.3) is 0 Å². The third kappa shape index (κ3) is 3.03. The van der Waals surface area contributed by atoms with Crippen molar-refractivity contribution >= 4 is 5.91 Å². The van der Waals surface area contributed by atoms with Crippen molar-refractivity contribution in [1.29, 1.82) is 0 Å². The van der Waals surface area contributed by atoms with Gasteiger partial charge in [0.2, 0.25) is 5.91 Å². The van der Waals surface area contributed by atoms with Crippen LogP contribution in [-0.2, 0) is 11.2 Å². The standard InChI is InChI=1S/C12H17N3O/c16-12(15-9-7-14-8-10-15)2-1-11-3-5-13-6-4-11/h3-6,14H,1-2,7-10H2. The number of rotatable bonds is 3. The second-order valence-electron chi connectivity index (χ2n) is 3.99. The number of nitrogens with one attached hydrogen (secondary N) is 1. The molecular formula is C12H17N3O. The largest absolute Gasteiger partial charge is 0.340 e. The fourth-order valence-electron chi connectivity index (χ4n) is 1.87. The summed E-state index contributed by atoms with van der Waals surface area (Å²) in [5.74, 6) is 0.262. The molecule has 86 valence electrons. The molecule has 0 bridgehead atoms. The summed E-state index contributed by atoms with van der Waals surface area (Å²) < 4.78 is 0. The number of nitrogens with zero attached hydrogens (tertiary/aromatic N) is 2. The maximum Gasteiger partial charge on any atom is 0.222 e. The minimum Gasteiger partial charge on any atom is -0.340 e. The number of amides is 1. The number of carbonyl (C=O) groups excluding carboxylic acids is 1. The van der Waals surface area contributed by atoms with E-state index in [9.17, 15) is 4.79 Å². The summed E-state index contributed by atoms with van der Waals surface area (Å²) >= 11 is 0. The molecule has 0 saturated carbocycles. The first-order valence-corrected chi connectivity index (χ1v) is 5.73. The second kappa shape index (κ2) is 5.61. The van der Waals surface area contributed by atoms with Gasteiger partial charge in [-0.1, -0.05) is 0 Å². The zero-order valence-corrected chi connectivity index (χ0v) is 9.35. The normalized spacial score (nSPS) is 16.1. The Hall–Kier alpha value is -1.42. The maximum absolute atomic E-state index is 11.9. The molecule has 4 heteroatoms. The Morgan fingerprint density at radius 3 is 2.69 bits per heavy atom. The number of hydrogen-bond donors (Lipinski definition) is 1. The Morgan fingerprint density at radius 2 is 2.00 bits per heavy atom. The highest BCUT2D eigenvalue weighted by Crippen LogP contribution is 2.04. The number of aryl methyl sites for hydroxylation is 1. The molecule has 1 N–H and O–H groups in total. The van der Waals surface area contributed by atoms with E-state index in [1.165, 1.54) is 5.56 Å². The minimum atomic E-state index is 0.262. The van der Waals surface area contributed by atoms with E-state index < -0.39 is 0 Å². The molecule has 0 spiro atoms. The quantitative estimate of drug-likeness (QED) is 0.802. The molecule has 1 aromatic rings. The molecule has 0 unspecified atom stereocenters. The highest BCUT2D eigenvalue weighted by atomic mass is 16.2. The number of aromatic nitrogens is 1. The monoisotopic (exact) mass is 219 g/mol. The van der Waals surface area contributed by atoms with Crippen LogP contribution in [0.3, 0.4) is 0 Å². The first-order valence-electron chi connectivity index (χ1n) is 5.73. The van der Waals surface area contributed by atoms with Crippen molar-refractivity contribution in [2.75, 3.05) is 26.2 Å². The molecule has 0 atom stereocenters. The summed E-state index contributed by atoms with van der Waals surface area (Å²) in [6.07, 6.45) is 4.95. The Balaban J connectivity index is 1.79. The maximum atomic E-state index is 11.9. The molecule has 1 aliphatic rings. The predicted molar refractivity (Wildman–Crippen MR) is 62.0 cm³/mol. The van der Waals surface area contributed by atoms with E-state index in [4.69, 9.17) is 0 Å². The van der Waals surface area contributed by atoms with Gasteiger partial charge in [0.15, 0.2) is 0 Å². The third-order valence-corrected chi connectivity index (χ3v) is 2.85. The zero-order chi connectivity index (χ0) is 11.2. The first-order chi connectivity index (χ1) is 7.86. The van der Waals surface area contributed by atoms with Crippen LogP contribution in [0.2, 0.25) is 0 Å². The van der Waals surface area contributed by atoms with Gasteiger partial charge in [-0.25, -0.2) is 0 Å². The van der Waals surface area contributed by atoms with Gasteiger partial charge >= 0.3 is 0 Å². The Labute approximate surface area is 95.7 Å². The molecule has 1 amide bonds. The van der Waals surface area contributed by atoms with Crippen LogP contribution in [0.1, 0.15) is 12.0 Å². The molecule has 1 fully saturated rings. The molecule has 1 saturated heterocycles. The van der Waals surface area contributed by atoms with Crippen molar-refractivity contribution in [3.05, 3.63) is 30.1 Å². The van der Waals surface area contributed by atoms with Crippen LogP contribution in [0.25, 0.3) is 0 Å². The van der Waals surface area contributed by atoms with E-state index in [2.05, 4.69) is 10.3 Å². The number of carbonyl (C=O) groups is 1. The van der Waals surface area contributed by atoms with E-state index in [0.29, 0.717) is 6.42 Å². The van der Waals surface area contributed by atoms with Gasteiger partial charge in [-0.3, -0.25) is 9.78 Å². The second-order valence-corrected chi connectivity index (χ2v) is 3.99. The van der Waals surface area contributed by atoms with Gasteiger partial charge in [0.05, 0.1) is 0 Å². The summed E-state index contributed by atoms with van der Waals surface area (Å²) in [4.78, 5) is 17.8. The molecule has 2 heterocycles. The van der Waals surface area contributed by atoms with E-state index >= 15 is 0 Å². The number of piperazine rings is 1. The van der Waals surface area contributed by atoms with Gasteiger partial charge in [0, 0.05) is 45.0 Å². The lowest BCUT2D eigenvalue weighted by molar-refractivity contribution is -0.131. The summed E-state index contributed by atoms with van der Waals surface area (Å²) in [5, 5.41) is 3.24. The van der Waals surface area contributed by atoms with Crippen molar-refractivity contribution in [3.8, 4) is 0 Å². The molecular weight excluding hydrogens is 202 g/mol. The van der Waals surface area contributed by atoms with Gasteiger partial charge in [-0.15, -0.1) is 0 Å². The van der Waals surface area contributed by atoms with Crippen molar-refractivity contribution in [2.24, 2.45) is 0 Å². The molecule has 1 aromatic heterocycles. The molecule has 16 heavy (non-hydrogen) atoms. The molecule has 0 radical (unpaired) electrons. The summed E-state index contributed by atoms with van der Waals surface area (Å²) in [6.45, 7) is 3.52. The average molecular weight is 219 g/mol. The van der Waals surface area contributed by atoms with Crippen molar-refractivity contribution in [3.63, 3.8) is 0 Å². The van der Waals surface area contributed by atoms with Crippen molar-refractivity contribution in [1.82, 2.24) is 15.2 Å². The Kier molecular flexibility index (Phi) is 3.88. The van der Waals surface area contributed by atoms with Crippen LogP contribution in [0.5, 0.6) is 0 Å². The van der Waals surface area contributed by atoms with Crippen LogP contribution in [0.15, 0.2) is 24.5 Å². The van der Waals surface area contributed by atoms with Crippen LogP contribution in [0, 0.1) is 0 Å². The van der Waals surface area contributed by atoms with Gasteiger partial charge in [-0.05, 0) is 24.1 Å². The fraction of sp³-hybridized carbons (Fsp3) is 0.500. The molecule has 0 aromatic carbocycles. The highest BCUT2D eigenvalue weighted by Gasteiger charge is 2.15. The van der Waals surface area contributed by atoms with Crippen LogP contribution in [-0.4, -0.2) is 42.0 Å². The van der Waals surface area contributed by atoms with Crippen molar-refractivity contribution < 1.29 is 4.79 Å². The smallest absolute Gasteiger partial charge is 0.222 e. The van der Waals surface area contributed by atoms with E-state index in [-0.39, 0.29) is 5.91 Å². The molecule has 1 aliphatic heterocycles. The van der Waals surface area contributed by atoms with Crippen LogP contribution < -0.4 is 5.32 Å². The Morgan fingerprint density at radius 1 is 1.31 bits per heavy atom. The van der Waals surface area contributed by atoms with Gasteiger partial charge in [-0.2, -0.15) is 0 Å². The molecule has 2 rings (SSSR count). The zero-order valence-electron chi connectivity index (χ0n) is 9.35. The predicted octanol–water partition coefficient (Wildman–Crippen LogP) is 0.446. The SMILES string of the molecule is O=C(CCc1ccncc1)N1CCNCC1. The van der Waals surface area contributed by atoms with E-state index in [1.807, 2.05) is 17.0 Å². The lowest BCUT2D eigenvalue weighted by Gasteiger charge is -2.27. The minimum absolute atomic E-state index is 0.262. The third-order valence-electron chi connectivity index (χ3n) is 2.85. The Bertz CT molecular complexity index is 333. The number of pyridine rings is 1. The van der Waals surface area contributed by atoms with E-state index in [1.54, 1.807) is 12.4 Å². The fourth-order valence-corrected chi connectivity index (χ4v) is 1.87.